The van der Waals surface area contributed by atoms with Gasteiger partial charge in [0.2, 0.25) is 10.0 Å². The van der Waals surface area contributed by atoms with Crippen molar-refractivity contribution in [1.29, 1.82) is 0 Å². The molecule has 2 atom stereocenters. The number of carbonyl (C=O) groups excluding carboxylic acids is 1. The number of fused-ring (bicyclic) bond motifs is 2. The zero-order valence-electron chi connectivity index (χ0n) is 19.6. The van der Waals surface area contributed by atoms with Gasteiger partial charge >= 0.3 is 6.09 Å². The lowest BCUT2D eigenvalue weighted by molar-refractivity contribution is -0.0652. The first-order chi connectivity index (χ1) is 15.8. The highest BCUT2D eigenvalue weighted by atomic mass is 35.5. The van der Waals surface area contributed by atoms with E-state index in [9.17, 15) is 13.2 Å². The van der Waals surface area contributed by atoms with Gasteiger partial charge in [-0.05, 0) is 69.7 Å². The molecule has 0 unspecified atom stereocenters. The van der Waals surface area contributed by atoms with Crippen LogP contribution in [-0.2, 0) is 21.2 Å². The van der Waals surface area contributed by atoms with Crippen LogP contribution in [0.4, 0.5) is 9.18 Å². The number of amides is 1. The SMILES string of the molecule is CC(C)(C)OC(=O)N1C2CC(C2)[C@H](NS(C)(=O)=O)[C@@H]1Cc1cccc(-c2cccc(Cl)n2)c1F. The summed E-state index contributed by atoms with van der Waals surface area (Å²) in [4.78, 5) is 19.0. The smallest absolute Gasteiger partial charge is 0.410 e. The third-order valence-electron chi connectivity index (χ3n) is 6.28. The molecule has 7 nitrogen and oxygen atoms in total. The van der Waals surface area contributed by atoms with Gasteiger partial charge in [-0.15, -0.1) is 0 Å². The van der Waals surface area contributed by atoms with E-state index < -0.39 is 39.6 Å². The van der Waals surface area contributed by atoms with E-state index >= 15 is 4.39 Å². The maximum Gasteiger partial charge on any atom is 0.410 e. The molecular formula is C24H29ClFN3O4S. The molecule has 1 aromatic carbocycles. The quantitative estimate of drug-likeness (QED) is 0.603. The highest BCUT2D eigenvalue weighted by Gasteiger charge is 2.54. The summed E-state index contributed by atoms with van der Waals surface area (Å²) < 4.78 is 48.3. The summed E-state index contributed by atoms with van der Waals surface area (Å²) in [5.74, 6) is -0.400. The molecular weight excluding hydrogens is 481 g/mol. The fourth-order valence-corrected chi connectivity index (χ4v) is 5.88. The highest BCUT2D eigenvalue weighted by Crippen LogP contribution is 2.45. The van der Waals surface area contributed by atoms with Gasteiger partial charge in [0.1, 0.15) is 16.6 Å². The molecule has 3 aliphatic rings. The van der Waals surface area contributed by atoms with Gasteiger partial charge in [0.15, 0.2) is 0 Å². The Morgan fingerprint density at radius 2 is 1.91 bits per heavy atom. The van der Waals surface area contributed by atoms with Crippen molar-refractivity contribution in [3.63, 3.8) is 0 Å². The number of hydrogen-bond acceptors (Lipinski definition) is 5. The monoisotopic (exact) mass is 509 g/mol. The zero-order chi connectivity index (χ0) is 24.8. The fourth-order valence-electron chi connectivity index (χ4n) is 4.87. The molecule has 1 amide bonds. The number of nitrogens with one attached hydrogen (secondary N) is 1. The molecule has 2 saturated heterocycles. The second-order valence-corrected chi connectivity index (χ2v) is 12.3. The molecule has 10 heteroatoms. The van der Waals surface area contributed by atoms with Crippen molar-refractivity contribution in [3.05, 3.63) is 52.9 Å². The van der Waals surface area contributed by atoms with Gasteiger partial charge in [0.25, 0.3) is 0 Å². The Kier molecular flexibility index (Phi) is 6.65. The van der Waals surface area contributed by atoms with Crippen LogP contribution >= 0.6 is 11.6 Å². The standard InChI is InChI=1S/C24H29ClFN3O4S/c1-24(2,3)33-23(30)29-16-11-15(12-16)22(28-34(4,31)32)19(29)13-14-7-5-8-17(21(14)26)18-9-6-10-20(25)27-18/h5-10,15-16,19,22,28H,11-13H2,1-4H3/t15?,16?,19-,22-/m0/s1. The van der Waals surface area contributed by atoms with E-state index in [-0.39, 0.29) is 29.1 Å². The summed E-state index contributed by atoms with van der Waals surface area (Å²) in [6, 6.07) is 8.76. The van der Waals surface area contributed by atoms with Crippen molar-refractivity contribution < 1.29 is 22.3 Å². The van der Waals surface area contributed by atoms with E-state index in [1.165, 1.54) is 0 Å². The normalized spacial score (nSPS) is 24.5. The first kappa shape index (κ1) is 24.9. The molecule has 1 N–H and O–H groups in total. The number of rotatable bonds is 5. The Bertz CT molecular complexity index is 1190. The Morgan fingerprint density at radius 1 is 1.24 bits per heavy atom. The minimum absolute atomic E-state index is 0.0664. The van der Waals surface area contributed by atoms with Crippen LogP contribution in [0.2, 0.25) is 5.15 Å². The van der Waals surface area contributed by atoms with Crippen molar-refractivity contribution in [2.75, 3.05) is 6.26 Å². The molecule has 5 rings (SSSR count). The minimum Gasteiger partial charge on any atom is -0.444 e. The van der Waals surface area contributed by atoms with Crippen LogP contribution in [0.3, 0.4) is 0 Å². The molecule has 184 valence electrons. The summed E-state index contributed by atoms with van der Waals surface area (Å²) in [5.41, 5.74) is 0.329. The predicted octanol–water partition coefficient (Wildman–Crippen LogP) is 4.40. The number of piperidine rings is 2. The van der Waals surface area contributed by atoms with Crippen LogP contribution in [-0.4, -0.2) is 54.4 Å². The second-order valence-electron chi connectivity index (χ2n) is 10.1. The number of benzene rings is 1. The summed E-state index contributed by atoms with van der Waals surface area (Å²) in [6.07, 6.45) is 2.06. The van der Waals surface area contributed by atoms with E-state index in [1.54, 1.807) is 62.1 Å². The number of ether oxygens (including phenoxy) is 1. The van der Waals surface area contributed by atoms with Crippen molar-refractivity contribution in [2.24, 2.45) is 5.92 Å². The van der Waals surface area contributed by atoms with Gasteiger partial charge in [-0.2, -0.15) is 0 Å². The highest BCUT2D eigenvalue weighted by molar-refractivity contribution is 7.88. The Hall–Kier alpha value is -2.23. The van der Waals surface area contributed by atoms with Crippen LogP contribution in [0, 0.1) is 11.7 Å². The van der Waals surface area contributed by atoms with Gasteiger partial charge in [0.05, 0.1) is 18.0 Å². The number of aromatic nitrogens is 1. The predicted molar refractivity (Wildman–Crippen MR) is 128 cm³/mol. The number of pyridine rings is 1. The van der Waals surface area contributed by atoms with E-state index in [4.69, 9.17) is 16.3 Å². The van der Waals surface area contributed by atoms with Gasteiger partial charge < -0.3 is 9.64 Å². The molecule has 3 heterocycles. The molecule has 1 saturated carbocycles. The molecule has 1 aromatic heterocycles. The van der Waals surface area contributed by atoms with Crippen molar-refractivity contribution in [1.82, 2.24) is 14.6 Å². The molecule has 2 aromatic rings. The lowest BCUT2D eigenvalue weighted by Gasteiger charge is -2.57. The van der Waals surface area contributed by atoms with Crippen LogP contribution in [0.15, 0.2) is 36.4 Å². The maximum absolute atomic E-state index is 15.7. The number of carbonyl (C=O) groups is 1. The van der Waals surface area contributed by atoms with Crippen LogP contribution < -0.4 is 4.72 Å². The lowest BCUT2D eigenvalue weighted by atomic mass is 9.67. The molecule has 0 spiro atoms. The first-order valence-electron chi connectivity index (χ1n) is 11.2. The van der Waals surface area contributed by atoms with E-state index in [1.807, 2.05) is 0 Å². The largest absolute Gasteiger partial charge is 0.444 e. The van der Waals surface area contributed by atoms with Gasteiger partial charge in [0, 0.05) is 17.6 Å². The minimum atomic E-state index is -3.55. The van der Waals surface area contributed by atoms with Crippen LogP contribution in [0.5, 0.6) is 0 Å². The summed E-state index contributed by atoms with van der Waals surface area (Å²) in [7, 11) is -3.55. The van der Waals surface area contributed by atoms with Gasteiger partial charge in [-0.1, -0.05) is 29.8 Å². The molecule has 34 heavy (non-hydrogen) atoms. The third-order valence-corrected chi connectivity index (χ3v) is 7.19. The number of hydrogen-bond donors (Lipinski definition) is 1. The first-order valence-corrected chi connectivity index (χ1v) is 13.5. The van der Waals surface area contributed by atoms with Gasteiger partial charge in [-0.3, -0.25) is 0 Å². The van der Waals surface area contributed by atoms with Crippen LogP contribution in [0.1, 0.15) is 39.2 Å². The topological polar surface area (TPSA) is 88.6 Å². The average Bonchev–Trinajstić information content (AvgIpc) is 2.66. The summed E-state index contributed by atoms with van der Waals surface area (Å²) in [5, 5.41) is 0.253. The summed E-state index contributed by atoms with van der Waals surface area (Å²) in [6.45, 7) is 5.34. The van der Waals surface area contributed by atoms with Crippen molar-refractivity contribution in [3.8, 4) is 11.3 Å². The number of sulfonamides is 1. The Morgan fingerprint density at radius 3 is 2.53 bits per heavy atom. The molecule has 2 bridgehead atoms. The molecule has 0 radical (unpaired) electrons. The average molecular weight is 510 g/mol. The number of halogens is 2. The van der Waals surface area contributed by atoms with Crippen LogP contribution in [0.25, 0.3) is 11.3 Å². The third kappa shape index (κ3) is 5.37. The summed E-state index contributed by atoms with van der Waals surface area (Å²) >= 11 is 5.99. The Balaban J connectivity index is 1.71. The Labute approximate surface area is 204 Å². The van der Waals surface area contributed by atoms with E-state index in [2.05, 4.69) is 9.71 Å². The second kappa shape index (κ2) is 9.09. The van der Waals surface area contributed by atoms with E-state index in [0.29, 0.717) is 24.1 Å². The van der Waals surface area contributed by atoms with Crippen molar-refractivity contribution >= 4 is 27.7 Å². The van der Waals surface area contributed by atoms with E-state index in [0.717, 1.165) is 6.26 Å². The van der Waals surface area contributed by atoms with Gasteiger partial charge in [-0.25, -0.2) is 27.3 Å². The van der Waals surface area contributed by atoms with Crippen molar-refractivity contribution in [2.45, 2.75) is 63.8 Å². The lowest BCUT2D eigenvalue weighted by Crippen LogP contribution is -2.70. The fraction of sp³-hybridized carbons (Fsp3) is 0.500. The molecule has 3 fully saturated rings. The zero-order valence-corrected chi connectivity index (χ0v) is 21.2. The molecule has 2 aliphatic heterocycles. The number of nitrogens with zero attached hydrogens (tertiary/aromatic N) is 2. The molecule has 1 aliphatic carbocycles. The maximum atomic E-state index is 15.7.